The lowest BCUT2D eigenvalue weighted by Gasteiger charge is -2.31. The molecule has 0 aromatic carbocycles. The molecule has 2 rings (SSSR count). The monoisotopic (exact) mass is 408 g/mol. The van der Waals surface area contributed by atoms with Crippen molar-refractivity contribution in [3.05, 3.63) is 16.5 Å². The third kappa shape index (κ3) is 5.70. The van der Waals surface area contributed by atoms with Crippen molar-refractivity contribution in [2.45, 2.75) is 53.0 Å². The molecule has 0 radical (unpaired) electrons. The zero-order valence-corrected chi connectivity index (χ0v) is 18.3. The van der Waals surface area contributed by atoms with Crippen molar-refractivity contribution in [2.75, 3.05) is 32.0 Å². The molecule has 0 saturated carbocycles. The van der Waals surface area contributed by atoms with Gasteiger partial charge in [-0.05, 0) is 50.7 Å². The Morgan fingerprint density at radius 3 is 2.61 bits per heavy atom. The van der Waals surface area contributed by atoms with Crippen LogP contribution in [0.2, 0.25) is 0 Å². The van der Waals surface area contributed by atoms with Gasteiger partial charge in [0, 0.05) is 25.0 Å². The van der Waals surface area contributed by atoms with Crippen molar-refractivity contribution in [1.29, 1.82) is 0 Å². The van der Waals surface area contributed by atoms with Crippen molar-refractivity contribution in [1.82, 2.24) is 15.1 Å². The second kappa shape index (κ2) is 9.91. The van der Waals surface area contributed by atoms with Gasteiger partial charge in [-0.3, -0.25) is 9.59 Å². The highest BCUT2D eigenvalue weighted by Gasteiger charge is 2.36. The van der Waals surface area contributed by atoms with Crippen LogP contribution in [0.3, 0.4) is 0 Å². The van der Waals surface area contributed by atoms with E-state index in [2.05, 4.69) is 24.5 Å². The normalized spacial score (nSPS) is 16.4. The van der Waals surface area contributed by atoms with Gasteiger partial charge >= 0.3 is 6.03 Å². The van der Waals surface area contributed by atoms with E-state index in [0.717, 1.165) is 23.4 Å². The third-order valence-electron chi connectivity index (χ3n) is 5.07. The van der Waals surface area contributed by atoms with Gasteiger partial charge in [0.2, 0.25) is 11.8 Å². The summed E-state index contributed by atoms with van der Waals surface area (Å²) in [6.45, 7) is 9.24. The van der Waals surface area contributed by atoms with Gasteiger partial charge in [0.15, 0.2) is 0 Å². The largest absolute Gasteiger partial charge is 0.358 e. The molecule has 1 aliphatic heterocycles. The average Bonchev–Trinajstić information content (AvgIpc) is 3.24. The molecule has 1 saturated heterocycles. The highest BCUT2D eigenvalue weighted by Crippen LogP contribution is 2.27. The molecular weight excluding hydrogens is 376 g/mol. The maximum absolute atomic E-state index is 13.1. The van der Waals surface area contributed by atoms with Gasteiger partial charge in [-0.1, -0.05) is 13.8 Å². The Balaban J connectivity index is 2.09. The summed E-state index contributed by atoms with van der Waals surface area (Å²) in [5.74, 6) is 0.0562. The molecular formula is C20H32N4O3S. The Hall–Kier alpha value is -2.09. The molecule has 2 N–H and O–H groups in total. The van der Waals surface area contributed by atoms with Crippen LogP contribution in [0.5, 0.6) is 0 Å². The lowest BCUT2D eigenvalue weighted by Crippen LogP contribution is -2.51. The lowest BCUT2D eigenvalue weighted by molar-refractivity contribution is -0.121. The first kappa shape index (κ1) is 22.2. The van der Waals surface area contributed by atoms with Gasteiger partial charge in [0.1, 0.15) is 12.6 Å². The quantitative estimate of drug-likeness (QED) is 0.728. The van der Waals surface area contributed by atoms with Crippen LogP contribution in [-0.4, -0.2) is 60.4 Å². The van der Waals surface area contributed by atoms with E-state index in [9.17, 15) is 14.4 Å². The van der Waals surface area contributed by atoms with Gasteiger partial charge in [-0.15, -0.1) is 11.3 Å². The van der Waals surface area contributed by atoms with Gasteiger partial charge in [-0.2, -0.15) is 0 Å². The number of aryl methyl sites for hydroxylation is 2. The second-order valence-corrected chi connectivity index (χ2v) is 9.01. The molecule has 1 atom stereocenters. The topological polar surface area (TPSA) is 81.8 Å². The highest BCUT2D eigenvalue weighted by molar-refractivity contribution is 7.16. The molecule has 0 unspecified atom stereocenters. The lowest BCUT2D eigenvalue weighted by atomic mass is 10.1. The zero-order chi connectivity index (χ0) is 20.8. The van der Waals surface area contributed by atoms with Gasteiger partial charge < -0.3 is 20.4 Å². The Bertz CT molecular complexity index is 697. The van der Waals surface area contributed by atoms with E-state index in [4.69, 9.17) is 0 Å². The SMILES string of the molecule is CNC(=O)CN(CCC(C)C)C(=O)N1CCC[C@H]1C(=O)Nc1cc(C)c(C)s1. The summed E-state index contributed by atoms with van der Waals surface area (Å²) in [5, 5.41) is 6.34. The summed E-state index contributed by atoms with van der Waals surface area (Å²) in [6.07, 6.45) is 2.23. The first-order valence-electron chi connectivity index (χ1n) is 9.87. The van der Waals surface area contributed by atoms with Crippen molar-refractivity contribution in [3.8, 4) is 0 Å². The van der Waals surface area contributed by atoms with E-state index in [1.54, 1.807) is 28.2 Å². The van der Waals surface area contributed by atoms with Crippen LogP contribution in [0, 0.1) is 19.8 Å². The summed E-state index contributed by atoms with van der Waals surface area (Å²) in [7, 11) is 1.56. The molecule has 4 amide bonds. The van der Waals surface area contributed by atoms with Crippen molar-refractivity contribution >= 4 is 34.2 Å². The molecule has 1 aromatic heterocycles. The summed E-state index contributed by atoms with van der Waals surface area (Å²) in [5.41, 5.74) is 1.14. The van der Waals surface area contributed by atoms with Crippen LogP contribution < -0.4 is 10.6 Å². The second-order valence-electron chi connectivity index (χ2n) is 7.75. The average molecular weight is 409 g/mol. The molecule has 1 fully saturated rings. The number of urea groups is 1. The molecule has 7 nitrogen and oxygen atoms in total. The van der Waals surface area contributed by atoms with Gasteiger partial charge in [-0.25, -0.2) is 4.79 Å². The number of thiophene rings is 1. The number of amides is 4. The number of rotatable bonds is 7. The van der Waals surface area contributed by atoms with Crippen LogP contribution in [0.1, 0.15) is 43.6 Å². The number of nitrogens with zero attached hydrogens (tertiary/aromatic N) is 2. The molecule has 8 heteroatoms. The number of hydrogen-bond donors (Lipinski definition) is 2. The van der Waals surface area contributed by atoms with E-state index >= 15 is 0 Å². The molecule has 1 aromatic rings. The number of hydrogen-bond acceptors (Lipinski definition) is 4. The summed E-state index contributed by atoms with van der Waals surface area (Å²) >= 11 is 1.54. The fourth-order valence-corrected chi connectivity index (χ4v) is 4.14. The maximum Gasteiger partial charge on any atom is 0.321 e. The summed E-state index contributed by atoms with van der Waals surface area (Å²) in [6, 6.07) is 1.22. The molecule has 0 aliphatic carbocycles. The van der Waals surface area contributed by atoms with Crippen LogP contribution >= 0.6 is 11.3 Å². The molecule has 2 heterocycles. The van der Waals surface area contributed by atoms with E-state index < -0.39 is 6.04 Å². The number of carbonyl (C=O) groups excluding carboxylic acids is 3. The first-order valence-corrected chi connectivity index (χ1v) is 10.7. The van der Waals surface area contributed by atoms with E-state index in [0.29, 0.717) is 25.4 Å². The molecule has 0 bridgehead atoms. The minimum absolute atomic E-state index is 0.0101. The van der Waals surface area contributed by atoms with Gasteiger partial charge in [0.05, 0.1) is 5.00 Å². The van der Waals surface area contributed by atoms with E-state index in [1.165, 1.54) is 4.88 Å². The van der Waals surface area contributed by atoms with Crippen LogP contribution in [-0.2, 0) is 9.59 Å². The molecule has 28 heavy (non-hydrogen) atoms. The summed E-state index contributed by atoms with van der Waals surface area (Å²) in [4.78, 5) is 42.2. The Labute approximate surface area is 171 Å². The highest BCUT2D eigenvalue weighted by atomic mass is 32.1. The van der Waals surface area contributed by atoms with Crippen molar-refractivity contribution < 1.29 is 14.4 Å². The minimum Gasteiger partial charge on any atom is -0.358 e. The minimum atomic E-state index is -0.499. The molecule has 1 aliphatic rings. The zero-order valence-electron chi connectivity index (χ0n) is 17.5. The van der Waals surface area contributed by atoms with Crippen LogP contribution in [0.15, 0.2) is 6.07 Å². The van der Waals surface area contributed by atoms with E-state index in [1.807, 2.05) is 19.9 Å². The van der Waals surface area contributed by atoms with Crippen LogP contribution in [0.4, 0.5) is 9.80 Å². The smallest absolute Gasteiger partial charge is 0.321 e. The predicted molar refractivity (Wildman–Crippen MR) is 113 cm³/mol. The number of anilines is 1. The number of likely N-dealkylation sites (N-methyl/N-ethyl adjacent to an activating group) is 1. The molecule has 0 spiro atoms. The summed E-state index contributed by atoms with van der Waals surface area (Å²) < 4.78 is 0. The fourth-order valence-electron chi connectivity index (χ4n) is 3.20. The van der Waals surface area contributed by atoms with E-state index in [-0.39, 0.29) is 24.4 Å². The fraction of sp³-hybridized carbons (Fsp3) is 0.650. The number of carbonyl (C=O) groups is 3. The van der Waals surface area contributed by atoms with Crippen molar-refractivity contribution in [3.63, 3.8) is 0 Å². The Kier molecular flexibility index (Phi) is 7.86. The van der Waals surface area contributed by atoms with Crippen molar-refractivity contribution in [2.24, 2.45) is 5.92 Å². The third-order valence-corrected chi connectivity index (χ3v) is 6.14. The van der Waals surface area contributed by atoms with Crippen LogP contribution in [0.25, 0.3) is 0 Å². The number of nitrogens with one attached hydrogen (secondary N) is 2. The number of likely N-dealkylation sites (tertiary alicyclic amines) is 1. The Morgan fingerprint density at radius 1 is 1.32 bits per heavy atom. The predicted octanol–water partition coefficient (Wildman–Crippen LogP) is 2.98. The maximum atomic E-state index is 13.1. The van der Waals surface area contributed by atoms with Gasteiger partial charge in [0.25, 0.3) is 0 Å². The standard InChI is InChI=1S/C20H32N4O3S/c1-13(2)8-10-23(12-17(25)21-5)20(27)24-9-6-7-16(24)19(26)22-18-11-14(3)15(4)28-18/h11,13,16H,6-10,12H2,1-5H3,(H,21,25)(H,22,26)/t16-/m0/s1. The molecule has 156 valence electrons. The Morgan fingerprint density at radius 2 is 2.04 bits per heavy atom. The first-order chi connectivity index (χ1) is 13.2.